The van der Waals surface area contributed by atoms with Crippen LogP contribution in [-0.2, 0) is 5.41 Å². The lowest BCUT2D eigenvalue weighted by molar-refractivity contribution is 0.391. The smallest absolute Gasteiger partial charge is 0.194 e. The summed E-state index contributed by atoms with van der Waals surface area (Å²) in [6.45, 7) is 0. The maximum Gasteiger partial charge on any atom is 0.194 e. The van der Waals surface area contributed by atoms with E-state index >= 15 is 0 Å². The molecule has 8 aromatic carbocycles. The van der Waals surface area contributed by atoms with Crippen LogP contribution in [0.2, 0.25) is 0 Å². The van der Waals surface area contributed by atoms with Gasteiger partial charge < -0.3 is 14.4 Å². The van der Waals surface area contributed by atoms with Crippen molar-refractivity contribution in [2.45, 2.75) is 5.41 Å². The standard InChI is InChI=1S/C62H38N6O2/c1-4-17-39(18-5-1)42-23-15-26-45(38-42)68-51-29-11-13-31-54(51)70-58-52(68)35-33-49-57(58)69-53-30-12-10-27-46(53)62(49)47-28-16-36-63-55(47)56-48(62)32-34-50(64-56)43-24-14-25-44(37-43)61-66-59(40-19-6-2-7-20-40)65-60(67-61)41-21-8-3-9-22-41/h1-38H. The zero-order valence-corrected chi connectivity index (χ0v) is 37.4. The summed E-state index contributed by atoms with van der Waals surface area (Å²) in [6.07, 6.45) is 1.85. The highest BCUT2D eigenvalue weighted by Crippen LogP contribution is 2.66. The van der Waals surface area contributed by atoms with E-state index in [2.05, 4.69) is 120 Å². The van der Waals surface area contributed by atoms with Crippen LogP contribution in [0.25, 0.3) is 67.9 Å². The van der Waals surface area contributed by atoms with E-state index in [0.717, 1.165) is 101 Å². The molecular formula is C62H38N6O2. The normalized spacial score (nSPS) is 14.5. The highest BCUT2D eigenvalue weighted by Gasteiger charge is 2.54. The van der Waals surface area contributed by atoms with Gasteiger partial charge in [-0.1, -0.05) is 170 Å². The fraction of sp³-hybridized carbons (Fsp3) is 0.0161. The van der Waals surface area contributed by atoms with Crippen molar-refractivity contribution in [2.24, 2.45) is 0 Å². The van der Waals surface area contributed by atoms with E-state index in [1.54, 1.807) is 0 Å². The van der Waals surface area contributed by atoms with Crippen molar-refractivity contribution in [3.63, 3.8) is 0 Å². The van der Waals surface area contributed by atoms with Crippen molar-refractivity contribution in [3.05, 3.63) is 253 Å². The summed E-state index contributed by atoms with van der Waals surface area (Å²) in [4.78, 5) is 27.9. The molecule has 1 unspecified atom stereocenters. The van der Waals surface area contributed by atoms with Crippen molar-refractivity contribution < 1.29 is 9.47 Å². The third-order valence-electron chi connectivity index (χ3n) is 13.6. The number of benzene rings is 8. The summed E-state index contributed by atoms with van der Waals surface area (Å²) < 4.78 is 14.1. The first-order valence-corrected chi connectivity index (χ1v) is 23.3. The van der Waals surface area contributed by atoms with Crippen molar-refractivity contribution in [1.82, 2.24) is 24.9 Å². The molecule has 0 radical (unpaired) electrons. The van der Waals surface area contributed by atoms with Gasteiger partial charge in [-0.3, -0.25) is 4.98 Å². The van der Waals surface area contributed by atoms with Crippen LogP contribution in [-0.4, -0.2) is 24.9 Å². The largest absolute Gasteiger partial charge is 0.453 e. The van der Waals surface area contributed by atoms with E-state index in [4.69, 9.17) is 34.4 Å². The number of anilines is 3. The zero-order chi connectivity index (χ0) is 46.2. The van der Waals surface area contributed by atoms with Crippen molar-refractivity contribution >= 4 is 17.1 Å². The number of ether oxygens (including phenoxy) is 2. The van der Waals surface area contributed by atoms with E-state index < -0.39 is 5.41 Å². The van der Waals surface area contributed by atoms with Gasteiger partial charge in [-0.15, -0.1) is 0 Å². The Hall–Kier alpha value is -9.53. The van der Waals surface area contributed by atoms with E-state index in [0.29, 0.717) is 29.0 Å². The Morgan fingerprint density at radius 2 is 0.914 bits per heavy atom. The first-order valence-electron chi connectivity index (χ1n) is 23.3. The van der Waals surface area contributed by atoms with Gasteiger partial charge in [0.15, 0.2) is 34.7 Å². The second-order valence-electron chi connectivity index (χ2n) is 17.6. The van der Waals surface area contributed by atoms with E-state index in [-0.39, 0.29) is 0 Å². The molecule has 0 saturated carbocycles. The number of pyridine rings is 2. The fourth-order valence-corrected chi connectivity index (χ4v) is 10.5. The SMILES string of the molecule is c1ccc(-c2cccc(N3c4ccccc4Oc4c3ccc3c4Oc4ccccc4C34c3cccnc3-c3nc(-c5cccc(-c6nc(-c7ccccc7)nc(-c7ccccc7)n6)c5)ccc34)c2)cc1. The summed E-state index contributed by atoms with van der Waals surface area (Å²) >= 11 is 0. The molecule has 1 spiro atoms. The van der Waals surface area contributed by atoms with Crippen molar-refractivity contribution in [2.75, 3.05) is 4.90 Å². The highest BCUT2D eigenvalue weighted by molar-refractivity contribution is 5.93. The summed E-state index contributed by atoms with van der Waals surface area (Å²) in [5.74, 6) is 4.55. The molecule has 3 aromatic heterocycles. The van der Waals surface area contributed by atoms with Gasteiger partial charge in [0.25, 0.3) is 0 Å². The number of para-hydroxylation sites is 3. The maximum atomic E-state index is 7.10. The Kier molecular flexibility index (Phi) is 8.94. The Morgan fingerprint density at radius 1 is 0.343 bits per heavy atom. The molecule has 5 heterocycles. The second-order valence-corrected chi connectivity index (χ2v) is 17.6. The van der Waals surface area contributed by atoms with Gasteiger partial charge in [-0.25, -0.2) is 19.9 Å². The van der Waals surface area contributed by atoms with Gasteiger partial charge in [-0.2, -0.15) is 0 Å². The monoisotopic (exact) mass is 898 g/mol. The lowest BCUT2D eigenvalue weighted by Crippen LogP contribution is -2.33. The molecule has 11 aromatic rings. The van der Waals surface area contributed by atoms with Gasteiger partial charge in [0.05, 0.1) is 33.9 Å². The van der Waals surface area contributed by atoms with Crippen LogP contribution in [0.5, 0.6) is 23.0 Å². The molecule has 3 aliphatic rings. The molecule has 8 heteroatoms. The van der Waals surface area contributed by atoms with Crippen LogP contribution in [0.15, 0.2) is 231 Å². The molecule has 1 aliphatic carbocycles. The van der Waals surface area contributed by atoms with Gasteiger partial charge in [0, 0.05) is 45.3 Å². The number of rotatable bonds is 6. The van der Waals surface area contributed by atoms with E-state index in [1.165, 1.54) is 0 Å². The molecule has 0 saturated heterocycles. The third-order valence-corrected chi connectivity index (χ3v) is 13.6. The van der Waals surface area contributed by atoms with Gasteiger partial charge >= 0.3 is 0 Å². The lowest BCUT2D eigenvalue weighted by atomic mass is 9.66. The average molecular weight is 899 g/mol. The van der Waals surface area contributed by atoms with Crippen LogP contribution in [0.4, 0.5) is 17.1 Å². The highest BCUT2D eigenvalue weighted by atomic mass is 16.5. The molecule has 0 bridgehead atoms. The number of aromatic nitrogens is 5. The zero-order valence-electron chi connectivity index (χ0n) is 37.4. The molecule has 328 valence electrons. The van der Waals surface area contributed by atoms with E-state index in [9.17, 15) is 0 Å². The lowest BCUT2D eigenvalue weighted by Gasteiger charge is -2.41. The molecule has 0 fully saturated rings. The minimum Gasteiger partial charge on any atom is -0.453 e. The molecule has 2 aliphatic heterocycles. The molecule has 14 rings (SSSR count). The Morgan fingerprint density at radius 3 is 1.69 bits per heavy atom. The molecule has 8 nitrogen and oxygen atoms in total. The predicted molar refractivity (Wildman–Crippen MR) is 275 cm³/mol. The summed E-state index contributed by atoms with van der Waals surface area (Å²) in [7, 11) is 0. The van der Waals surface area contributed by atoms with Crippen LogP contribution < -0.4 is 14.4 Å². The molecule has 70 heavy (non-hydrogen) atoms. The molecule has 1 atom stereocenters. The number of nitrogens with zero attached hydrogens (tertiary/aromatic N) is 6. The average Bonchev–Trinajstić information content (AvgIpc) is 3.73. The van der Waals surface area contributed by atoms with Crippen LogP contribution >= 0.6 is 0 Å². The quantitative estimate of drug-likeness (QED) is 0.163. The van der Waals surface area contributed by atoms with Crippen molar-refractivity contribution in [3.8, 4) is 90.9 Å². The number of fused-ring (bicyclic) bond motifs is 12. The van der Waals surface area contributed by atoms with Crippen LogP contribution in [0.3, 0.4) is 0 Å². The Balaban J connectivity index is 0.926. The maximum absolute atomic E-state index is 7.10. The van der Waals surface area contributed by atoms with Crippen molar-refractivity contribution in [1.29, 1.82) is 0 Å². The molecular weight excluding hydrogens is 861 g/mol. The Labute approximate surface area is 403 Å². The summed E-state index contributed by atoms with van der Waals surface area (Å²) in [5, 5.41) is 0. The van der Waals surface area contributed by atoms with Gasteiger partial charge in [-0.05, 0) is 76.9 Å². The van der Waals surface area contributed by atoms with Crippen LogP contribution in [0.1, 0.15) is 22.3 Å². The second kappa shape index (κ2) is 15.8. The topological polar surface area (TPSA) is 86.2 Å². The minimum atomic E-state index is -0.837. The van der Waals surface area contributed by atoms with E-state index in [1.807, 2.05) is 115 Å². The predicted octanol–water partition coefficient (Wildman–Crippen LogP) is 15.0. The third kappa shape index (κ3) is 6.13. The fourth-order valence-electron chi connectivity index (χ4n) is 10.5. The van der Waals surface area contributed by atoms with Gasteiger partial charge in [0.2, 0.25) is 0 Å². The first kappa shape index (κ1) is 39.6. The Bertz CT molecular complexity index is 3810. The minimum absolute atomic E-state index is 0.577. The number of hydrogen-bond donors (Lipinski definition) is 0. The first-order chi connectivity index (χ1) is 34.7. The summed E-state index contributed by atoms with van der Waals surface area (Å²) in [5.41, 5.74) is 14.3. The van der Waals surface area contributed by atoms with Crippen LogP contribution in [0, 0.1) is 0 Å². The van der Waals surface area contributed by atoms with Gasteiger partial charge in [0.1, 0.15) is 5.75 Å². The molecule has 0 amide bonds. The molecule has 0 N–H and O–H groups in total. The summed E-state index contributed by atoms with van der Waals surface area (Å²) in [6, 6.07) is 76.9. The number of hydrogen-bond acceptors (Lipinski definition) is 8.